The van der Waals surface area contributed by atoms with Crippen molar-refractivity contribution in [2.45, 2.75) is 46.5 Å². The number of para-hydroxylation sites is 2. The molecule has 1 aromatic carbocycles. The number of fused-ring (bicyclic) bond motifs is 1. The van der Waals surface area contributed by atoms with Gasteiger partial charge in [-0.25, -0.2) is 0 Å². The minimum absolute atomic E-state index is 0.0317. The van der Waals surface area contributed by atoms with E-state index in [9.17, 15) is 14.4 Å². The number of benzene rings is 1. The molecular formula is C24H29N3O4. The van der Waals surface area contributed by atoms with Crippen molar-refractivity contribution in [1.29, 1.82) is 0 Å². The van der Waals surface area contributed by atoms with Crippen molar-refractivity contribution in [2.24, 2.45) is 17.1 Å². The number of rotatable bonds is 4. The third-order valence-electron chi connectivity index (χ3n) is 6.37. The van der Waals surface area contributed by atoms with Crippen molar-refractivity contribution < 1.29 is 18.8 Å². The lowest BCUT2D eigenvalue weighted by Crippen LogP contribution is -2.38. The molecule has 2 amide bonds. The van der Waals surface area contributed by atoms with Gasteiger partial charge in [0.05, 0.1) is 16.9 Å². The van der Waals surface area contributed by atoms with E-state index >= 15 is 0 Å². The van der Waals surface area contributed by atoms with E-state index in [0.29, 0.717) is 61.3 Å². The van der Waals surface area contributed by atoms with Gasteiger partial charge in [-0.1, -0.05) is 26.0 Å². The Morgan fingerprint density at radius 2 is 1.84 bits per heavy atom. The summed E-state index contributed by atoms with van der Waals surface area (Å²) in [7, 11) is 0. The standard InChI is InChI=1S/C24H29N3O4/c1-14-20-18(28)12-24(2,3)13-19(20)31-21(14)23(30)26-16-6-4-5-7-17(16)27-10-8-15(9-11-27)22(25)29/h4-7,15H,8-13H2,1-3H3,(H2,25,29)(H,26,30). The van der Waals surface area contributed by atoms with Crippen molar-refractivity contribution in [2.75, 3.05) is 23.3 Å². The van der Waals surface area contributed by atoms with Crippen LogP contribution in [-0.4, -0.2) is 30.7 Å². The van der Waals surface area contributed by atoms with E-state index in [-0.39, 0.29) is 34.7 Å². The number of nitrogens with zero attached hydrogens (tertiary/aromatic N) is 1. The summed E-state index contributed by atoms with van der Waals surface area (Å²) in [5.74, 6) is 0.110. The van der Waals surface area contributed by atoms with Crippen molar-refractivity contribution in [1.82, 2.24) is 0 Å². The lowest BCUT2D eigenvalue weighted by Gasteiger charge is -2.33. The Hall–Kier alpha value is -3.09. The molecule has 1 aliphatic carbocycles. The second-order valence-corrected chi connectivity index (χ2v) is 9.43. The molecule has 0 saturated carbocycles. The molecule has 164 valence electrons. The van der Waals surface area contributed by atoms with Crippen LogP contribution in [0.1, 0.15) is 65.3 Å². The molecule has 0 spiro atoms. The number of piperidine rings is 1. The first-order valence-electron chi connectivity index (χ1n) is 10.8. The van der Waals surface area contributed by atoms with Crippen LogP contribution in [0.3, 0.4) is 0 Å². The molecule has 0 radical (unpaired) electrons. The van der Waals surface area contributed by atoms with Crippen LogP contribution in [0.25, 0.3) is 0 Å². The fourth-order valence-electron chi connectivity index (χ4n) is 4.74. The third-order valence-corrected chi connectivity index (χ3v) is 6.37. The second-order valence-electron chi connectivity index (χ2n) is 9.43. The van der Waals surface area contributed by atoms with E-state index in [2.05, 4.69) is 10.2 Å². The Balaban J connectivity index is 1.56. The van der Waals surface area contributed by atoms with Crippen LogP contribution in [0.5, 0.6) is 0 Å². The van der Waals surface area contributed by atoms with Gasteiger partial charge in [-0.05, 0) is 37.3 Å². The molecule has 2 aromatic rings. The van der Waals surface area contributed by atoms with Gasteiger partial charge in [0.15, 0.2) is 11.5 Å². The molecule has 0 atom stereocenters. The third kappa shape index (κ3) is 4.09. The molecule has 4 rings (SSSR count). The Morgan fingerprint density at radius 1 is 1.16 bits per heavy atom. The van der Waals surface area contributed by atoms with Gasteiger partial charge >= 0.3 is 0 Å². The number of hydrogen-bond donors (Lipinski definition) is 2. The molecule has 2 aliphatic rings. The molecule has 3 N–H and O–H groups in total. The molecule has 2 heterocycles. The van der Waals surface area contributed by atoms with Crippen LogP contribution in [0.4, 0.5) is 11.4 Å². The van der Waals surface area contributed by atoms with Gasteiger partial charge < -0.3 is 20.4 Å². The number of carbonyl (C=O) groups excluding carboxylic acids is 3. The number of Topliss-reactive ketones (excluding diaryl/α,β-unsaturated/α-hetero) is 1. The average Bonchev–Trinajstić information content (AvgIpc) is 3.03. The number of primary amides is 1. The van der Waals surface area contributed by atoms with Crippen molar-refractivity contribution in [3.8, 4) is 0 Å². The number of ketones is 1. The van der Waals surface area contributed by atoms with Gasteiger partial charge in [-0.3, -0.25) is 14.4 Å². The van der Waals surface area contributed by atoms with Crippen LogP contribution in [-0.2, 0) is 11.2 Å². The predicted octanol–water partition coefficient (Wildman–Crippen LogP) is 3.70. The van der Waals surface area contributed by atoms with E-state index in [0.717, 1.165) is 5.69 Å². The summed E-state index contributed by atoms with van der Waals surface area (Å²) in [6.07, 6.45) is 2.47. The van der Waals surface area contributed by atoms with Gasteiger partial charge in [-0.2, -0.15) is 0 Å². The van der Waals surface area contributed by atoms with Gasteiger partial charge in [0.25, 0.3) is 5.91 Å². The quantitative estimate of drug-likeness (QED) is 0.780. The topological polar surface area (TPSA) is 106 Å². The first-order chi connectivity index (χ1) is 14.7. The zero-order valence-corrected chi connectivity index (χ0v) is 18.3. The van der Waals surface area contributed by atoms with Crippen molar-refractivity contribution >= 4 is 29.0 Å². The average molecular weight is 424 g/mol. The molecule has 1 aromatic heterocycles. The Morgan fingerprint density at radius 3 is 2.52 bits per heavy atom. The van der Waals surface area contributed by atoms with Gasteiger partial charge in [0, 0.05) is 37.4 Å². The van der Waals surface area contributed by atoms with Crippen LogP contribution in [0.2, 0.25) is 0 Å². The lowest BCUT2D eigenvalue weighted by molar-refractivity contribution is -0.122. The van der Waals surface area contributed by atoms with Gasteiger partial charge in [-0.15, -0.1) is 0 Å². The molecule has 1 aliphatic heterocycles. The number of anilines is 2. The van der Waals surface area contributed by atoms with E-state index in [1.165, 1.54) is 0 Å². The Bertz CT molecular complexity index is 1050. The Labute approximate surface area is 182 Å². The van der Waals surface area contributed by atoms with E-state index < -0.39 is 0 Å². The zero-order valence-electron chi connectivity index (χ0n) is 18.3. The number of furan rings is 1. The molecular weight excluding hydrogens is 394 g/mol. The maximum Gasteiger partial charge on any atom is 0.291 e. The van der Waals surface area contributed by atoms with Crippen LogP contribution >= 0.6 is 0 Å². The molecule has 1 fully saturated rings. The SMILES string of the molecule is Cc1c(C(=O)Nc2ccccc2N2CCC(C(N)=O)CC2)oc2c1C(=O)CC(C)(C)C2. The highest BCUT2D eigenvalue weighted by Crippen LogP contribution is 2.39. The van der Waals surface area contributed by atoms with E-state index in [1.807, 2.05) is 38.1 Å². The maximum absolute atomic E-state index is 13.1. The Kier molecular flexibility index (Phi) is 5.37. The number of carbonyl (C=O) groups is 3. The number of hydrogen-bond acceptors (Lipinski definition) is 5. The minimum atomic E-state index is -0.364. The summed E-state index contributed by atoms with van der Waals surface area (Å²) in [5.41, 5.74) is 8.00. The van der Waals surface area contributed by atoms with Gasteiger partial charge in [0.1, 0.15) is 5.76 Å². The van der Waals surface area contributed by atoms with E-state index in [4.69, 9.17) is 10.2 Å². The minimum Gasteiger partial charge on any atom is -0.455 e. The fourth-order valence-corrected chi connectivity index (χ4v) is 4.74. The first kappa shape index (κ1) is 21.2. The lowest BCUT2D eigenvalue weighted by atomic mass is 9.76. The van der Waals surface area contributed by atoms with Crippen molar-refractivity contribution in [3.63, 3.8) is 0 Å². The highest BCUT2D eigenvalue weighted by molar-refractivity contribution is 6.08. The number of nitrogens with two attached hydrogens (primary N) is 1. The summed E-state index contributed by atoms with van der Waals surface area (Å²) < 4.78 is 5.90. The normalized spacial score (nSPS) is 18.5. The van der Waals surface area contributed by atoms with Crippen LogP contribution < -0.4 is 16.0 Å². The highest BCUT2D eigenvalue weighted by atomic mass is 16.4. The first-order valence-corrected chi connectivity index (χ1v) is 10.8. The largest absolute Gasteiger partial charge is 0.455 e. The molecule has 31 heavy (non-hydrogen) atoms. The van der Waals surface area contributed by atoms with Crippen molar-refractivity contribution in [3.05, 3.63) is 46.9 Å². The number of amides is 2. The second kappa shape index (κ2) is 7.87. The summed E-state index contributed by atoms with van der Waals surface area (Å²) in [6, 6.07) is 7.58. The molecule has 7 nitrogen and oxygen atoms in total. The molecule has 1 saturated heterocycles. The van der Waals surface area contributed by atoms with Crippen LogP contribution in [0.15, 0.2) is 28.7 Å². The van der Waals surface area contributed by atoms with E-state index in [1.54, 1.807) is 6.92 Å². The molecule has 0 bridgehead atoms. The monoisotopic (exact) mass is 423 g/mol. The molecule has 0 unspecified atom stereocenters. The summed E-state index contributed by atoms with van der Waals surface area (Å²) >= 11 is 0. The summed E-state index contributed by atoms with van der Waals surface area (Å²) in [6.45, 7) is 7.22. The summed E-state index contributed by atoms with van der Waals surface area (Å²) in [4.78, 5) is 39.3. The van der Waals surface area contributed by atoms with Gasteiger partial charge in [0.2, 0.25) is 5.91 Å². The smallest absolute Gasteiger partial charge is 0.291 e. The maximum atomic E-state index is 13.1. The number of nitrogens with one attached hydrogen (secondary N) is 1. The van der Waals surface area contributed by atoms with Crippen LogP contribution in [0, 0.1) is 18.3 Å². The highest BCUT2D eigenvalue weighted by Gasteiger charge is 2.37. The zero-order chi connectivity index (χ0) is 22.3. The molecule has 7 heteroatoms. The fraction of sp³-hybridized carbons (Fsp3) is 0.458. The predicted molar refractivity (Wildman–Crippen MR) is 118 cm³/mol. The summed E-state index contributed by atoms with van der Waals surface area (Å²) in [5, 5.41) is 2.97.